The molecule has 1 aromatic rings. The highest BCUT2D eigenvalue weighted by Crippen LogP contribution is 2.34. The summed E-state index contributed by atoms with van der Waals surface area (Å²) in [4.78, 5) is 12.6. The summed E-state index contributed by atoms with van der Waals surface area (Å²) in [5, 5.41) is 40.3. The van der Waals surface area contributed by atoms with Gasteiger partial charge in [0, 0.05) is 12.5 Å². The Hall–Kier alpha value is -2.35. The average molecular weight is 378 g/mol. The summed E-state index contributed by atoms with van der Waals surface area (Å²) in [5.41, 5.74) is 1.03. The van der Waals surface area contributed by atoms with Crippen LogP contribution in [0.2, 0.25) is 0 Å². The highest BCUT2D eigenvalue weighted by Gasteiger charge is 2.25. The maximum absolute atomic E-state index is 12.6. The molecule has 4 atom stereocenters. The fourth-order valence-electron chi connectivity index (χ4n) is 2.90. The Labute approximate surface area is 158 Å². The molecule has 7 nitrogen and oxygen atoms in total. The van der Waals surface area contributed by atoms with E-state index >= 15 is 0 Å². The molecule has 0 amide bonds. The van der Waals surface area contributed by atoms with Crippen molar-refractivity contribution in [3.63, 3.8) is 0 Å². The van der Waals surface area contributed by atoms with E-state index in [0.29, 0.717) is 23.3 Å². The van der Waals surface area contributed by atoms with Crippen molar-refractivity contribution in [1.82, 2.24) is 0 Å². The first kappa shape index (κ1) is 21.0. The molecule has 148 valence electrons. The van der Waals surface area contributed by atoms with E-state index in [9.17, 15) is 25.2 Å². The molecule has 0 radical (unpaired) electrons. The Kier molecular flexibility index (Phi) is 7.01. The van der Waals surface area contributed by atoms with Crippen LogP contribution >= 0.6 is 0 Å². The summed E-state index contributed by atoms with van der Waals surface area (Å²) in [6, 6.07) is 1.35. The van der Waals surface area contributed by atoms with Crippen LogP contribution in [0.25, 0.3) is 6.08 Å². The van der Waals surface area contributed by atoms with Crippen molar-refractivity contribution in [2.45, 2.75) is 51.1 Å². The van der Waals surface area contributed by atoms with Gasteiger partial charge in [0.15, 0.2) is 0 Å². The molecule has 1 heterocycles. The van der Waals surface area contributed by atoms with Gasteiger partial charge in [-0.1, -0.05) is 24.3 Å². The lowest BCUT2D eigenvalue weighted by molar-refractivity contribution is -0.0394. The lowest BCUT2D eigenvalue weighted by atomic mass is 9.97. The summed E-state index contributed by atoms with van der Waals surface area (Å²) in [6.45, 7) is 3.41. The molecule has 0 saturated heterocycles. The van der Waals surface area contributed by atoms with Gasteiger partial charge in [-0.15, -0.1) is 0 Å². The van der Waals surface area contributed by atoms with Crippen LogP contribution in [-0.2, 0) is 4.74 Å². The number of aliphatic hydroxyl groups excluding tert-OH is 3. The second kappa shape index (κ2) is 9.03. The minimum Gasteiger partial charge on any atom is -0.507 e. The smallest absolute Gasteiger partial charge is 0.342 e. The molecule has 1 aliphatic heterocycles. The van der Waals surface area contributed by atoms with E-state index in [0.717, 1.165) is 0 Å². The number of benzene rings is 1. The summed E-state index contributed by atoms with van der Waals surface area (Å²) in [7, 11) is 1.45. The molecule has 0 bridgehead atoms. The SMILES string of the molecule is COc1cc(O)c2c(c1C)/C=C/C[C@H](O)[C@H](O)C(O)/C=C\C[C@H](C)OC2=O. The predicted molar refractivity (Wildman–Crippen MR) is 99.7 cm³/mol. The Morgan fingerprint density at radius 3 is 2.56 bits per heavy atom. The molecular formula is C20H26O7. The van der Waals surface area contributed by atoms with Gasteiger partial charge in [0.25, 0.3) is 0 Å². The monoisotopic (exact) mass is 378 g/mol. The van der Waals surface area contributed by atoms with Crippen LogP contribution in [0.3, 0.4) is 0 Å². The molecule has 0 aromatic heterocycles. The van der Waals surface area contributed by atoms with E-state index in [1.54, 1.807) is 32.1 Å². The summed E-state index contributed by atoms with van der Waals surface area (Å²) in [5.74, 6) is -0.554. The number of hydrogen-bond donors (Lipinski definition) is 4. The Balaban J connectivity index is 2.52. The van der Waals surface area contributed by atoms with Gasteiger partial charge in [0.1, 0.15) is 35.4 Å². The molecule has 1 unspecified atom stereocenters. The quantitative estimate of drug-likeness (QED) is 0.434. The zero-order valence-corrected chi connectivity index (χ0v) is 15.6. The minimum absolute atomic E-state index is 0.00696. The Morgan fingerprint density at radius 2 is 1.89 bits per heavy atom. The van der Waals surface area contributed by atoms with Gasteiger partial charge in [0.05, 0.1) is 13.2 Å². The van der Waals surface area contributed by atoms with Gasteiger partial charge in [-0.05, 0) is 31.4 Å². The molecule has 1 aliphatic rings. The maximum Gasteiger partial charge on any atom is 0.342 e. The molecule has 7 heteroatoms. The Bertz CT molecular complexity index is 738. The van der Waals surface area contributed by atoms with Crippen molar-refractivity contribution in [1.29, 1.82) is 0 Å². The molecule has 0 fully saturated rings. The topological polar surface area (TPSA) is 116 Å². The lowest BCUT2D eigenvalue weighted by Crippen LogP contribution is -2.35. The standard InChI is InChI=1S/C20H26O7/c1-11-6-4-8-14(21)19(24)15(22)9-5-7-13-12(2)17(26-3)10-16(23)18(13)20(25)27-11/h4-5,7-8,10-11,14-15,19,21-24H,6,9H2,1-3H3/b7-5+,8-4-/t11-,14?,15-,19+/m0/s1. The van der Waals surface area contributed by atoms with E-state index < -0.39 is 30.4 Å². The number of phenolic OH excluding ortho intramolecular Hbond substituents is 1. The van der Waals surface area contributed by atoms with E-state index in [4.69, 9.17) is 9.47 Å². The third-order valence-electron chi connectivity index (χ3n) is 4.51. The van der Waals surface area contributed by atoms with Crippen molar-refractivity contribution >= 4 is 12.0 Å². The number of hydrogen-bond acceptors (Lipinski definition) is 7. The molecule has 1 aromatic carbocycles. The van der Waals surface area contributed by atoms with E-state index in [-0.39, 0.29) is 17.7 Å². The van der Waals surface area contributed by atoms with Crippen molar-refractivity contribution in [2.24, 2.45) is 0 Å². The fourth-order valence-corrected chi connectivity index (χ4v) is 2.90. The molecule has 2 rings (SSSR count). The first-order chi connectivity index (χ1) is 12.8. The fraction of sp³-hybridized carbons (Fsp3) is 0.450. The molecule has 0 aliphatic carbocycles. The molecular weight excluding hydrogens is 352 g/mol. The first-order valence-corrected chi connectivity index (χ1v) is 8.75. The number of aliphatic hydroxyl groups is 3. The average Bonchev–Trinajstić information content (AvgIpc) is 2.62. The number of cyclic esters (lactones) is 1. The van der Waals surface area contributed by atoms with Crippen molar-refractivity contribution in [3.05, 3.63) is 41.0 Å². The van der Waals surface area contributed by atoms with Gasteiger partial charge in [-0.2, -0.15) is 0 Å². The van der Waals surface area contributed by atoms with Gasteiger partial charge < -0.3 is 29.9 Å². The third-order valence-corrected chi connectivity index (χ3v) is 4.51. The Morgan fingerprint density at radius 1 is 1.19 bits per heavy atom. The van der Waals surface area contributed by atoms with Gasteiger partial charge in [0.2, 0.25) is 0 Å². The van der Waals surface area contributed by atoms with Crippen LogP contribution in [0, 0.1) is 6.92 Å². The second-order valence-corrected chi connectivity index (χ2v) is 6.58. The van der Waals surface area contributed by atoms with E-state index in [1.807, 2.05) is 0 Å². The van der Waals surface area contributed by atoms with Crippen LogP contribution < -0.4 is 4.74 Å². The maximum atomic E-state index is 12.6. The number of carbonyl (C=O) groups excluding carboxylic acids is 1. The molecule has 27 heavy (non-hydrogen) atoms. The highest BCUT2D eigenvalue weighted by molar-refractivity contribution is 5.97. The van der Waals surface area contributed by atoms with Crippen LogP contribution in [0.5, 0.6) is 11.5 Å². The van der Waals surface area contributed by atoms with Gasteiger partial charge in [-0.3, -0.25) is 0 Å². The summed E-state index contributed by atoms with van der Waals surface area (Å²) in [6.07, 6.45) is 2.06. The zero-order valence-electron chi connectivity index (χ0n) is 15.6. The van der Waals surface area contributed by atoms with Crippen molar-refractivity contribution < 1.29 is 34.7 Å². The number of carbonyl (C=O) groups is 1. The van der Waals surface area contributed by atoms with Crippen LogP contribution in [0.4, 0.5) is 0 Å². The lowest BCUT2D eigenvalue weighted by Gasteiger charge is -2.21. The largest absolute Gasteiger partial charge is 0.507 e. The number of ether oxygens (including phenoxy) is 2. The van der Waals surface area contributed by atoms with Crippen molar-refractivity contribution in [2.75, 3.05) is 7.11 Å². The molecule has 0 spiro atoms. The number of esters is 1. The number of rotatable bonds is 1. The zero-order chi connectivity index (χ0) is 20.1. The van der Waals surface area contributed by atoms with E-state index in [1.165, 1.54) is 19.3 Å². The number of methoxy groups -OCH3 is 1. The summed E-state index contributed by atoms with van der Waals surface area (Å²) < 4.78 is 10.6. The van der Waals surface area contributed by atoms with Gasteiger partial charge >= 0.3 is 5.97 Å². The summed E-state index contributed by atoms with van der Waals surface area (Å²) >= 11 is 0. The number of fused-ring (bicyclic) bond motifs is 1. The van der Waals surface area contributed by atoms with Gasteiger partial charge in [-0.25, -0.2) is 4.79 Å². The molecule has 0 saturated carbocycles. The minimum atomic E-state index is -1.36. The van der Waals surface area contributed by atoms with Crippen LogP contribution in [0.1, 0.15) is 41.3 Å². The van der Waals surface area contributed by atoms with Crippen LogP contribution in [-0.4, -0.2) is 57.9 Å². The second-order valence-electron chi connectivity index (χ2n) is 6.58. The molecule has 4 N–H and O–H groups in total. The normalized spacial score (nSPS) is 29.2. The van der Waals surface area contributed by atoms with Crippen molar-refractivity contribution in [3.8, 4) is 11.5 Å². The number of phenols is 1. The highest BCUT2D eigenvalue weighted by atomic mass is 16.5. The predicted octanol–water partition coefficient (Wildman–Crippen LogP) is 1.70. The third kappa shape index (κ3) is 4.88. The number of aromatic hydroxyl groups is 1. The first-order valence-electron chi connectivity index (χ1n) is 8.75. The van der Waals surface area contributed by atoms with E-state index in [2.05, 4.69) is 0 Å². The van der Waals surface area contributed by atoms with Crippen LogP contribution in [0.15, 0.2) is 24.3 Å².